The molecule has 17 heavy (non-hydrogen) atoms. The summed E-state index contributed by atoms with van der Waals surface area (Å²) in [4.78, 5) is 2.78. The molecule has 0 amide bonds. The fourth-order valence-corrected chi connectivity index (χ4v) is 3.41. The molecule has 0 spiro atoms. The van der Waals surface area contributed by atoms with Gasteiger partial charge in [-0.2, -0.15) is 0 Å². The lowest BCUT2D eigenvalue weighted by atomic mass is 9.85. The molecule has 2 atom stereocenters. The van der Waals surface area contributed by atoms with E-state index in [-0.39, 0.29) is 0 Å². The number of piperazine rings is 1. The smallest absolute Gasteiger partial charge is 0.0221 e. The number of nitrogens with zero attached hydrogens (tertiary/aromatic N) is 1. The molecule has 2 nitrogen and oxygen atoms in total. The normalized spacial score (nSPS) is 37.9. The zero-order chi connectivity index (χ0) is 12.3. The molecule has 100 valence electrons. The number of hydrogen-bond acceptors (Lipinski definition) is 2. The van der Waals surface area contributed by atoms with Gasteiger partial charge in [0.2, 0.25) is 0 Å². The summed E-state index contributed by atoms with van der Waals surface area (Å²) in [6.45, 7) is 10.9. The van der Waals surface area contributed by atoms with Crippen molar-refractivity contribution in [2.24, 2.45) is 11.8 Å². The second kappa shape index (κ2) is 6.19. The number of nitrogens with one attached hydrogen (secondary N) is 1. The molecule has 0 aromatic rings. The highest BCUT2D eigenvalue weighted by Crippen LogP contribution is 2.28. The van der Waals surface area contributed by atoms with Crippen LogP contribution in [-0.4, -0.2) is 36.6 Å². The Morgan fingerprint density at radius 1 is 1.24 bits per heavy atom. The lowest BCUT2D eigenvalue weighted by Crippen LogP contribution is -2.56. The Bertz CT molecular complexity index is 221. The Morgan fingerprint density at radius 3 is 2.59 bits per heavy atom. The van der Waals surface area contributed by atoms with Gasteiger partial charge in [0.15, 0.2) is 0 Å². The van der Waals surface area contributed by atoms with Crippen LogP contribution in [0.2, 0.25) is 0 Å². The van der Waals surface area contributed by atoms with Crippen LogP contribution in [0.3, 0.4) is 0 Å². The van der Waals surface area contributed by atoms with E-state index in [1.165, 1.54) is 51.7 Å². The third kappa shape index (κ3) is 3.45. The molecule has 1 heterocycles. The van der Waals surface area contributed by atoms with Crippen molar-refractivity contribution in [3.05, 3.63) is 0 Å². The molecule has 1 aliphatic heterocycles. The minimum Gasteiger partial charge on any atom is -0.311 e. The molecule has 2 rings (SSSR count). The van der Waals surface area contributed by atoms with Crippen LogP contribution < -0.4 is 5.32 Å². The van der Waals surface area contributed by atoms with Gasteiger partial charge in [0.1, 0.15) is 0 Å². The van der Waals surface area contributed by atoms with Crippen LogP contribution in [-0.2, 0) is 0 Å². The molecule has 1 aliphatic carbocycles. The summed E-state index contributed by atoms with van der Waals surface area (Å²) >= 11 is 0. The Labute approximate surface area is 107 Å². The van der Waals surface area contributed by atoms with Crippen LogP contribution in [0.5, 0.6) is 0 Å². The minimum atomic E-state index is 0.730. The molecule has 2 aliphatic rings. The van der Waals surface area contributed by atoms with Gasteiger partial charge < -0.3 is 5.32 Å². The number of hydrogen-bond donors (Lipinski definition) is 1. The molecule has 1 saturated carbocycles. The SMILES string of the molecule is CCC(C)C1CN(C2CCC(C)CC2)CCN1. The van der Waals surface area contributed by atoms with Gasteiger partial charge >= 0.3 is 0 Å². The third-order valence-electron chi connectivity index (χ3n) is 5.07. The summed E-state index contributed by atoms with van der Waals surface area (Å²) in [5, 5.41) is 3.71. The summed E-state index contributed by atoms with van der Waals surface area (Å²) in [6.07, 6.45) is 7.07. The average Bonchev–Trinajstić information content (AvgIpc) is 2.39. The maximum absolute atomic E-state index is 3.71. The first-order valence-electron chi connectivity index (χ1n) is 7.68. The summed E-state index contributed by atoms with van der Waals surface area (Å²) in [6, 6.07) is 1.62. The minimum absolute atomic E-state index is 0.730. The molecular formula is C15H30N2. The van der Waals surface area contributed by atoms with Gasteiger partial charge in [-0.25, -0.2) is 0 Å². The first-order chi connectivity index (χ1) is 8.20. The molecule has 2 fully saturated rings. The summed E-state index contributed by atoms with van der Waals surface area (Å²) in [7, 11) is 0. The highest BCUT2D eigenvalue weighted by atomic mass is 15.2. The molecular weight excluding hydrogens is 208 g/mol. The monoisotopic (exact) mass is 238 g/mol. The molecule has 0 radical (unpaired) electrons. The first kappa shape index (κ1) is 13.4. The van der Waals surface area contributed by atoms with E-state index in [0.29, 0.717) is 0 Å². The van der Waals surface area contributed by atoms with Crippen molar-refractivity contribution in [3.63, 3.8) is 0 Å². The summed E-state index contributed by atoms with van der Waals surface area (Å²) in [5.74, 6) is 1.79. The van der Waals surface area contributed by atoms with Gasteiger partial charge in [-0.05, 0) is 37.5 Å². The van der Waals surface area contributed by atoms with E-state index in [0.717, 1.165) is 23.9 Å². The lowest BCUT2D eigenvalue weighted by Gasteiger charge is -2.43. The van der Waals surface area contributed by atoms with Crippen molar-refractivity contribution in [1.82, 2.24) is 10.2 Å². The van der Waals surface area contributed by atoms with Gasteiger partial charge in [-0.15, -0.1) is 0 Å². The Balaban J connectivity index is 1.84. The van der Waals surface area contributed by atoms with E-state index in [2.05, 4.69) is 31.0 Å². The fraction of sp³-hybridized carbons (Fsp3) is 1.00. The zero-order valence-corrected chi connectivity index (χ0v) is 11.9. The van der Waals surface area contributed by atoms with Gasteiger partial charge in [0.25, 0.3) is 0 Å². The molecule has 2 heteroatoms. The van der Waals surface area contributed by atoms with Crippen molar-refractivity contribution in [2.75, 3.05) is 19.6 Å². The Hall–Kier alpha value is -0.0800. The largest absolute Gasteiger partial charge is 0.311 e. The highest BCUT2D eigenvalue weighted by molar-refractivity contribution is 4.87. The van der Waals surface area contributed by atoms with E-state index in [9.17, 15) is 0 Å². The van der Waals surface area contributed by atoms with Gasteiger partial charge in [0.05, 0.1) is 0 Å². The predicted molar refractivity (Wildman–Crippen MR) is 74.2 cm³/mol. The fourth-order valence-electron chi connectivity index (χ4n) is 3.41. The lowest BCUT2D eigenvalue weighted by molar-refractivity contribution is 0.0903. The van der Waals surface area contributed by atoms with Gasteiger partial charge in [-0.1, -0.05) is 27.2 Å². The van der Waals surface area contributed by atoms with Crippen LogP contribution in [0.15, 0.2) is 0 Å². The molecule has 2 unspecified atom stereocenters. The zero-order valence-electron chi connectivity index (χ0n) is 11.9. The standard InChI is InChI=1S/C15H30N2/c1-4-13(3)15-11-17(10-9-16-15)14-7-5-12(2)6-8-14/h12-16H,4-11H2,1-3H3. The van der Waals surface area contributed by atoms with Gasteiger partial charge in [-0.3, -0.25) is 4.90 Å². The van der Waals surface area contributed by atoms with Crippen LogP contribution in [0.1, 0.15) is 52.9 Å². The van der Waals surface area contributed by atoms with E-state index in [4.69, 9.17) is 0 Å². The van der Waals surface area contributed by atoms with E-state index in [1.807, 2.05) is 0 Å². The maximum atomic E-state index is 3.71. The predicted octanol–water partition coefficient (Wildman–Crippen LogP) is 2.89. The second-order valence-corrected chi connectivity index (χ2v) is 6.35. The van der Waals surface area contributed by atoms with Crippen LogP contribution in [0.4, 0.5) is 0 Å². The highest BCUT2D eigenvalue weighted by Gasteiger charge is 2.29. The topological polar surface area (TPSA) is 15.3 Å². The van der Waals surface area contributed by atoms with E-state index in [1.54, 1.807) is 0 Å². The molecule has 0 aromatic carbocycles. The van der Waals surface area contributed by atoms with Crippen LogP contribution in [0.25, 0.3) is 0 Å². The number of rotatable bonds is 3. The maximum Gasteiger partial charge on any atom is 0.0221 e. The van der Waals surface area contributed by atoms with Crippen molar-refractivity contribution >= 4 is 0 Å². The van der Waals surface area contributed by atoms with Crippen LogP contribution >= 0.6 is 0 Å². The van der Waals surface area contributed by atoms with Gasteiger partial charge in [0, 0.05) is 31.7 Å². The quantitative estimate of drug-likeness (QED) is 0.813. The average molecular weight is 238 g/mol. The second-order valence-electron chi connectivity index (χ2n) is 6.35. The van der Waals surface area contributed by atoms with Crippen molar-refractivity contribution in [1.29, 1.82) is 0 Å². The summed E-state index contributed by atoms with van der Waals surface area (Å²) in [5.41, 5.74) is 0. The third-order valence-corrected chi connectivity index (χ3v) is 5.07. The van der Waals surface area contributed by atoms with Crippen molar-refractivity contribution in [2.45, 2.75) is 65.0 Å². The van der Waals surface area contributed by atoms with Crippen molar-refractivity contribution < 1.29 is 0 Å². The van der Waals surface area contributed by atoms with E-state index >= 15 is 0 Å². The summed E-state index contributed by atoms with van der Waals surface area (Å²) < 4.78 is 0. The van der Waals surface area contributed by atoms with Crippen molar-refractivity contribution in [3.8, 4) is 0 Å². The Morgan fingerprint density at radius 2 is 1.94 bits per heavy atom. The first-order valence-corrected chi connectivity index (χ1v) is 7.68. The van der Waals surface area contributed by atoms with E-state index < -0.39 is 0 Å². The Kier molecular flexibility index (Phi) is 4.87. The molecule has 1 N–H and O–H groups in total. The molecule has 0 bridgehead atoms. The molecule has 0 aromatic heterocycles. The molecule has 1 saturated heterocycles. The van der Waals surface area contributed by atoms with Crippen LogP contribution in [0, 0.1) is 11.8 Å².